The Hall–Kier alpha value is -1.06. The maximum absolute atomic E-state index is 9.39. The van der Waals surface area contributed by atoms with Gasteiger partial charge in [-0.15, -0.1) is 0 Å². The second-order valence-electron chi connectivity index (χ2n) is 5.56. The van der Waals surface area contributed by atoms with Crippen molar-refractivity contribution in [3.05, 3.63) is 28.8 Å². The quantitative estimate of drug-likeness (QED) is 0.768. The summed E-state index contributed by atoms with van der Waals surface area (Å²) in [5, 5.41) is 9.39. The van der Waals surface area contributed by atoms with Gasteiger partial charge >= 0.3 is 0 Å². The zero-order chi connectivity index (χ0) is 15.1. The highest BCUT2D eigenvalue weighted by atomic mass is 16.5. The van der Waals surface area contributed by atoms with Crippen LogP contribution >= 0.6 is 0 Å². The summed E-state index contributed by atoms with van der Waals surface area (Å²) in [5.41, 5.74) is 9.44. The van der Waals surface area contributed by atoms with Gasteiger partial charge in [-0.3, -0.25) is 0 Å². The van der Waals surface area contributed by atoms with Gasteiger partial charge in [0.1, 0.15) is 5.75 Å². The van der Waals surface area contributed by atoms with Crippen molar-refractivity contribution in [2.24, 2.45) is 11.7 Å². The zero-order valence-corrected chi connectivity index (χ0v) is 13.3. The normalized spacial score (nSPS) is 14.1. The van der Waals surface area contributed by atoms with E-state index in [4.69, 9.17) is 10.5 Å². The maximum atomic E-state index is 9.39. The number of hydrogen-bond donors (Lipinski definition) is 2. The van der Waals surface area contributed by atoms with Gasteiger partial charge in [-0.05, 0) is 63.1 Å². The fourth-order valence-corrected chi connectivity index (χ4v) is 2.79. The SMILES string of the molecule is CCOc1c(C)cc(C)cc1C(CC)CC(CN)CO. The third-order valence-electron chi connectivity index (χ3n) is 3.88. The van der Waals surface area contributed by atoms with E-state index in [2.05, 4.69) is 32.9 Å². The molecular weight excluding hydrogens is 250 g/mol. The number of hydrogen-bond acceptors (Lipinski definition) is 3. The summed E-state index contributed by atoms with van der Waals surface area (Å²) in [4.78, 5) is 0. The first-order valence-electron chi connectivity index (χ1n) is 7.62. The Kier molecular flexibility index (Phi) is 7.03. The lowest BCUT2D eigenvalue weighted by molar-refractivity contribution is 0.213. The second-order valence-corrected chi connectivity index (χ2v) is 5.56. The lowest BCUT2D eigenvalue weighted by Gasteiger charge is -2.24. The highest BCUT2D eigenvalue weighted by molar-refractivity contribution is 5.45. The molecule has 0 spiro atoms. The molecule has 1 aromatic rings. The van der Waals surface area contributed by atoms with Crippen LogP contribution in [-0.4, -0.2) is 24.9 Å². The minimum absolute atomic E-state index is 0.155. The standard InChI is InChI=1S/C17H29NO2/c1-5-15(9-14(10-18)11-19)16-8-12(3)7-13(4)17(16)20-6-2/h7-8,14-15,19H,5-6,9-11,18H2,1-4H3. The third kappa shape index (κ3) is 4.22. The molecule has 114 valence electrons. The van der Waals surface area contributed by atoms with E-state index in [1.54, 1.807) is 0 Å². The summed E-state index contributed by atoms with van der Waals surface area (Å²) in [5.74, 6) is 1.56. The molecule has 0 saturated carbocycles. The molecule has 1 aromatic carbocycles. The number of aryl methyl sites for hydroxylation is 2. The summed E-state index contributed by atoms with van der Waals surface area (Å²) >= 11 is 0. The Bertz CT molecular complexity index is 414. The van der Waals surface area contributed by atoms with E-state index < -0.39 is 0 Å². The summed E-state index contributed by atoms with van der Waals surface area (Å²) in [6, 6.07) is 4.38. The highest BCUT2D eigenvalue weighted by Gasteiger charge is 2.20. The van der Waals surface area contributed by atoms with Crippen molar-refractivity contribution in [2.45, 2.75) is 46.5 Å². The average molecular weight is 279 g/mol. The van der Waals surface area contributed by atoms with Gasteiger partial charge in [0.05, 0.1) is 6.61 Å². The Labute approximate surface area is 123 Å². The lowest BCUT2D eigenvalue weighted by Crippen LogP contribution is -2.21. The van der Waals surface area contributed by atoms with E-state index in [-0.39, 0.29) is 12.5 Å². The summed E-state index contributed by atoms with van der Waals surface area (Å²) in [6.45, 7) is 9.77. The van der Waals surface area contributed by atoms with Crippen LogP contribution in [-0.2, 0) is 0 Å². The fraction of sp³-hybridized carbons (Fsp3) is 0.647. The molecule has 0 bridgehead atoms. The van der Waals surface area contributed by atoms with Crippen LogP contribution in [0.2, 0.25) is 0 Å². The number of benzene rings is 1. The van der Waals surface area contributed by atoms with Gasteiger partial charge in [0.15, 0.2) is 0 Å². The van der Waals surface area contributed by atoms with E-state index in [0.717, 1.165) is 18.6 Å². The van der Waals surface area contributed by atoms with Crippen LogP contribution in [0.4, 0.5) is 0 Å². The van der Waals surface area contributed by atoms with E-state index in [1.807, 2.05) is 6.92 Å². The number of rotatable bonds is 8. The third-order valence-corrected chi connectivity index (χ3v) is 3.88. The van der Waals surface area contributed by atoms with Crippen LogP contribution in [0.3, 0.4) is 0 Å². The predicted molar refractivity (Wildman–Crippen MR) is 84.4 cm³/mol. The van der Waals surface area contributed by atoms with Gasteiger partial charge in [-0.1, -0.05) is 24.6 Å². The molecule has 1 rings (SSSR count). The van der Waals surface area contributed by atoms with Crippen molar-refractivity contribution in [2.75, 3.05) is 19.8 Å². The van der Waals surface area contributed by atoms with Crippen molar-refractivity contribution in [1.82, 2.24) is 0 Å². The molecule has 2 atom stereocenters. The molecule has 3 nitrogen and oxygen atoms in total. The van der Waals surface area contributed by atoms with Crippen molar-refractivity contribution in [1.29, 1.82) is 0 Å². The molecule has 0 heterocycles. The molecule has 20 heavy (non-hydrogen) atoms. The minimum Gasteiger partial charge on any atom is -0.493 e. The molecule has 0 aliphatic carbocycles. The van der Waals surface area contributed by atoms with Crippen LogP contribution in [0.15, 0.2) is 12.1 Å². The molecule has 0 saturated heterocycles. The van der Waals surface area contributed by atoms with Gasteiger partial charge in [0, 0.05) is 6.61 Å². The van der Waals surface area contributed by atoms with Crippen LogP contribution < -0.4 is 10.5 Å². The molecule has 0 amide bonds. The zero-order valence-electron chi connectivity index (χ0n) is 13.3. The van der Waals surface area contributed by atoms with Crippen LogP contribution in [0, 0.1) is 19.8 Å². The van der Waals surface area contributed by atoms with Gasteiger partial charge in [0.25, 0.3) is 0 Å². The highest BCUT2D eigenvalue weighted by Crippen LogP contribution is 2.36. The van der Waals surface area contributed by atoms with E-state index in [1.165, 1.54) is 16.7 Å². The number of nitrogens with two attached hydrogens (primary N) is 1. The van der Waals surface area contributed by atoms with Gasteiger partial charge in [-0.2, -0.15) is 0 Å². The molecule has 3 heteroatoms. The molecule has 0 aliphatic heterocycles. The van der Waals surface area contributed by atoms with E-state index in [9.17, 15) is 5.11 Å². The Morgan fingerprint density at radius 2 is 1.95 bits per heavy atom. The molecule has 2 unspecified atom stereocenters. The average Bonchev–Trinajstić information content (AvgIpc) is 2.43. The Morgan fingerprint density at radius 1 is 1.25 bits per heavy atom. The molecule has 0 aromatic heterocycles. The van der Waals surface area contributed by atoms with Gasteiger partial charge in [-0.25, -0.2) is 0 Å². The summed E-state index contributed by atoms with van der Waals surface area (Å²) in [7, 11) is 0. The van der Waals surface area contributed by atoms with Crippen LogP contribution in [0.25, 0.3) is 0 Å². The second kappa shape index (κ2) is 8.28. The Morgan fingerprint density at radius 3 is 2.45 bits per heavy atom. The Balaban J connectivity index is 3.12. The smallest absolute Gasteiger partial charge is 0.125 e. The first-order valence-corrected chi connectivity index (χ1v) is 7.62. The van der Waals surface area contributed by atoms with Crippen molar-refractivity contribution >= 4 is 0 Å². The number of aliphatic hydroxyl groups is 1. The molecular formula is C17H29NO2. The summed E-state index contributed by atoms with van der Waals surface area (Å²) in [6.07, 6.45) is 1.94. The molecule has 0 aliphatic rings. The fourth-order valence-electron chi connectivity index (χ4n) is 2.79. The van der Waals surface area contributed by atoms with Crippen LogP contribution in [0.1, 0.15) is 49.3 Å². The van der Waals surface area contributed by atoms with E-state index >= 15 is 0 Å². The largest absolute Gasteiger partial charge is 0.493 e. The van der Waals surface area contributed by atoms with Crippen molar-refractivity contribution < 1.29 is 9.84 Å². The topological polar surface area (TPSA) is 55.5 Å². The lowest BCUT2D eigenvalue weighted by atomic mass is 9.85. The molecule has 0 radical (unpaired) electrons. The van der Waals surface area contributed by atoms with Crippen molar-refractivity contribution in [3.8, 4) is 5.75 Å². The van der Waals surface area contributed by atoms with Gasteiger partial charge < -0.3 is 15.6 Å². The number of ether oxygens (including phenoxy) is 1. The summed E-state index contributed by atoms with van der Waals surface area (Å²) < 4.78 is 5.86. The number of aliphatic hydroxyl groups excluding tert-OH is 1. The minimum atomic E-state index is 0.155. The first-order chi connectivity index (χ1) is 9.57. The predicted octanol–water partition coefficient (Wildman–Crippen LogP) is 3.15. The van der Waals surface area contributed by atoms with Crippen molar-refractivity contribution in [3.63, 3.8) is 0 Å². The first kappa shape index (κ1) is 17.0. The van der Waals surface area contributed by atoms with Gasteiger partial charge in [0.2, 0.25) is 0 Å². The van der Waals surface area contributed by atoms with E-state index in [0.29, 0.717) is 19.1 Å². The molecule has 3 N–H and O–H groups in total. The van der Waals surface area contributed by atoms with Crippen LogP contribution in [0.5, 0.6) is 5.75 Å². The maximum Gasteiger partial charge on any atom is 0.125 e. The monoisotopic (exact) mass is 279 g/mol. The molecule has 0 fully saturated rings.